The second kappa shape index (κ2) is 8.30. The maximum absolute atomic E-state index is 14.5. The van der Waals surface area contributed by atoms with Gasteiger partial charge in [-0.25, -0.2) is 19.3 Å². The van der Waals surface area contributed by atoms with Crippen LogP contribution in [0.5, 0.6) is 0 Å². The summed E-state index contributed by atoms with van der Waals surface area (Å²) in [4.78, 5) is 12.5. The molecule has 0 saturated heterocycles. The fraction of sp³-hybridized carbons (Fsp3) is 0.0500. The van der Waals surface area contributed by atoms with Crippen molar-refractivity contribution in [1.29, 1.82) is 0 Å². The quantitative estimate of drug-likeness (QED) is 0.189. The number of para-hydroxylation sites is 1. The number of amides is 1. The Bertz CT molecular complexity index is 1350. The monoisotopic (exact) mass is 483 g/mol. The molecule has 0 fully saturated rings. The number of nitrogen functional groups attached to an aromatic ring is 1. The van der Waals surface area contributed by atoms with Crippen LogP contribution < -0.4 is 11.3 Å². The van der Waals surface area contributed by atoms with Crippen molar-refractivity contribution in [1.82, 2.24) is 20.4 Å². The average molecular weight is 484 g/mol. The predicted octanol–water partition coefficient (Wildman–Crippen LogP) is 4.75. The highest BCUT2D eigenvalue weighted by molar-refractivity contribution is 6.33. The zero-order valence-electron chi connectivity index (χ0n) is 16.1. The number of halogens is 6. The van der Waals surface area contributed by atoms with Crippen LogP contribution in [0.2, 0.25) is 5.02 Å². The van der Waals surface area contributed by atoms with Crippen molar-refractivity contribution in [3.05, 3.63) is 76.6 Å². The van der Waals surface area contributed by atoms with Gasteiger partial charge in [0.1, 0.15) is 28.6 Å². The maximum Gasteiger partial charge on any atom is 0.434 e. The van der Waals surface area contributed by atoms with Crippen LogP contribution >= 0.6 is 11.6 Å². The summed E-state index contributed by atoms with van der Waals surface area (Å²) in [6.45, 7) is 0. The maximum atomic E-state index is 14.5. The molecule has 0 spiro atoms. The summed E-state index contributed by atoms with van der Waals surface area (Å²) in [7, 11) is 0. The predicted molar refractivity (Wildman–Crippen MR) is 106 cm³/mol. The molecule has 2 aromatic carbocycles. The summed E-state index contributed by atoms with van der Waals surface area (Å²) >= 11 is 6.02. The summed E-state index contributed by atoms with van der Waals surface area (Å²) in [6.07, 6.45) is -4.36. The molecular formula is C20H11ClF5N5O2. The smallest absolute Gasteiger partial charge is 0.355 e. The molecule has 0 aliphatic carbocycles. The Morgan fingerprint density at radius 3 is 2.42 bits per heavy atom. The highest BCUT2D eigenvalue weighted by atomic mass is 35.5. The molecule has 0 saturated carbocycles. The first-order chi connectivity index (χ1) is 15.6. The first-order valence-electron chi connectivity index (χ1n) is 9.00. The van der Waals surface area contributed by atoms with Crippen molar-refractivity contribution >= 4 is 17.5 Å². The molecule has 0 bridgehead atoms. The van der Waals surface area contributed by atoms with Gasteiger partial charge in [-0.2, -0.15) is 18.3 Å². The molecule has 33 heavy (non-hydrogen) atoms. The van der Waals surface area contributed by atoms with Crippen LogP contribution in [0.1, 0.15) is 16.1 Å². The van der Waals surface area contributed by atoms with Gasteiger partial charge in [0.25, 0.3) is 5.91 Å². The second-order valence-electron chi connectivity index (χ2n) is 6.57. The van der Waals surface area contributed by atoms with E-state index < -0.39 is 57.7 Å². The number of carbonyl (C=O) groups excluding carboxylic acids is 1. The van der Waals surface area contributed by atoms with Crippen LogP contribution in [0.3, 0.4) is 0 Å². The molecule has 4 rings (SSSR count). The molecule has 0 atom stereocenters. The van der Waals surface area contributed by atoms with Crippen molar-refractivity contribution in [2.75, 3.05) is 0 Å². The molecule has 0 aliphatic heterocycles. The van der Waals surface area contributed by atoms with E-state index in [1.165, 1.54) is 24.3 Å². The third-order valence-electron chi connectivity index (χ3n) is 4.61. The Hall–Kier alpha value is -3.77. The van der Waals surface area contributed by atoms with Gasteiger partial charge in [-0.3, -0.25) is 10.2 Å². The number of hydrazine groups is 1. The third kappa shape index (κ3) is 3.83. The Morgan fingerprint density at radius 2 is 1.79 bits per heavy atom. The largest absolute Gasteiger partial charge is 0.434 e. The molecule has 3 N–H and O–H groups in total. The second-order valence-corrected chi connectivity index (χ2v) is 6.98. The van der Waals surface area contributed by atoms with Gasteiger partial charge in [-0.1, -0.05) is 35.0 Å². The summed E-state index contributed by atoms with van der Waals surface area (Å²) in [6, 6.07) is 8.23. The topological polar surface area (TPSA) is 99.0 Å². The van der Waals surface area contributed by atoms with Crippen molar-refractivity contribution in [2.45, 2.75) is 6.18 Å². The number of benzene rings is 2. The van der Waals surface area contributed by atoms with Gasteiger partial charge in [0.05, 0.1) is 22.3 Å². The summed E-state index contributed by atoms with van der Waals surface area (Å²) in [5.74, 6) is 1.44. The van der Waals surface area contributed by atoms with Gasteiger partial charge in [-0.05, 0) is 24.3 Å². The highest BCUT2D eigenvalue weighted by Gasteiger charge is 2.42. The Balaban J connectivity index is 2.02. The molecule has 7 nitrogen and oxygen atoms in total. The number of carbonyl (C=O) groups is 1. The van der Waals surface area contributed by atoms with Crippen LogP contribution in [0, 0.1) is 11.6 Å². The number of nitrogens with two attached hydrogens (primary N) is 1. The van der Waals surface area contributed by atoms with Crippen LogP contribution in [0.25, 0.3) is 28.3 Å². The zero-order valence-corrected chi connectivity index (χ0v) is 16.9. The minimum atomic E-state index is -5.08. The lowest BCUT2D eigenvalue weighted by atomic mass is 10.0. The fourth-order valence-corrected chi connectivity index (χ4v) is 3.50. The van der Waals surface area contributed by atoms with E-state index in [1.807, 2.05) is 0 Å². The Morgan fingerprint density at radius 1 is 1.09 bits per heavy atom. The van der Waals surface area contributed by atoms with Gasteiger partial charge in [0.2, 0.25) is 0 Å². The van der Waals surface area contributed by atoms with E-state index in [4.69, 9.17) is 22.0 Å². The first-order valence-corrected chi connectivity index (χ1v) is 9.38. The molecule has 0 radical (unpaired) electrons. The van der Waals surface area contributed by atoms with Crippen LogP contribution in [-0.4, -0.2) is 20.8 Å². The molecule has 2 heterocycles. The number of aromatic nitrogens is 3. The van der Waals surface area contributed by atoms with E-state index in [2.05, 4.69) is 10.3 Å². The molecule has 13 heteroatoms. The van der Waals surface area contributed by atoms with Gasteiger partial charge >= 0.3 is 6.18 Å². The number of nitrogens with one attached hydrogen (secondary N) is 1. The number of alkyl halides is 3. The van der Waals surface area contributed by atoms with E-state index in [-0.39, 0.29) is 10.6 Å². The standard InChI is InChI=1S/C20H11ClF5N5O2/c21-10-4-3-6-12(23)14(10)16-15(19(32)29-27)17(33-30-16)9-8-28-31(18(9)20(24,25)26)13-7-2-1-5-11(13)22/h1-8H,27H2,(H,29,32). The lowest BCUT2D eigenvalue weighted by molar-refractivity contribution is -0.142. The number of hydrogen-bond donors (Lipinski definition) is 2. The number of hydrogen-bond acceptors (Lipinski definition) is 5. The molecule has 1 amide bonds. The Labute approximate surface area is 186 Å². The SMILES string of the molecule is NNC(=O)c1c(-c2c(F)cccc2Cl)noc1-c1cnn(-c2ccccc2F)c1C(F)(F)F. The highest BCUT2D eigenvalue weighted by Crippen LogP contribution is 2.43. The summed E-state index contributed by atoms with van der Waals surface area (Å²) in [5.41, 5.74) is -2.45. The van der Waals surface area contributed by atoms with Gasteiger partial charge in [-0.15, -0.1) is 0 Å². The van der Waals surface area contributed by atoms with Gasteiger partial charge in [0.15, 0.2) is 11.5 Å². The molecule has 0 unspecified atom stereocenters. The zero-order chi connectivity index (χ0) is 23.9. The van der Waals surface area contributed by atoms with Crippen molar-refractivity contribution in [3.8, 4) is 28.3 Å². The normalized spacial score (nSPS) is 11.6. The average Bonchev–Trinajstić information content (AvgIpc) is 3.38. The first kappa shape index (κ1) is 22.4. The van der Waals surface area contributed by atoms with Crippen LogP contribution in [0.4, 0.5) is 22.0 Å². The van der Waals surface area contributed by atoms with Crippen molar-refractivity contribution in [3.63, 3.8) is 0 Å². The van der Waals surface area contributed by atoms with E-state index >= 15 is 0 Å². The number of nitrogens with zero attached hydrogens (tertiary/aromatic N) is 3. The molecule has 2 aromatic heterocycles. The summed E-state index contributed by atoms with van der Waals surface area (Å²) < 4.78 is 76.3. The lowest BCUT2D eigenvalue weighted by Crippen LogP contribution is -2.30. The third-order valence-corrected chi connectivity index (χ3v) is 4.93. The van der Waals surface area contributed by atoms with E-state index in [0.29, 0.717) is 4.68 Å². The Kier molecular flexibility index (Phi) is 5.64. The van der Waals surface area contributed by atoms with Gasteiger partial charge in [0, 0.05) is 0 Å². The molecule has 4 aromatic rings. The van der Waals surface area contributed by atoms with Crippen LogP contribution in [0.15, 0.2) is 53.2 Å². The molecule has 0 aliphatic rings. The van der Waals surface area contributed by atoms with E-state index in [0.717, 1.165) is 24.4 Å². The lowest BCUT2D eigenvalue weighted by Gasteiger charge is -2.13. The van der Waals surface area contributed by atoms with Gasteiger partial charge < -0.3 is 4.52 Å². The van der Waals surface area contributed by atoms with E-state index in [9.17, 15) is 26.7 Å². The van der Waals surface area contributed by atoms with E-state index in [1.54, 1.807) is 5.43 Å². The fourth-order valence-electron chi connectivity index (χ4n) is 3.25. The van der Waals surface area contributed by atoms with Crippen molar-refractivity contribution < 1.29 is 31.3 Å². The van der Waals surface area contributed by atoms with Crippen LogP contribution in [-0.2, 0) is 6.18 Å². The van der Waals surface area contributed by atoms with Crippen molar-refractivity contribution in [2.24, 2.45) is 5.84 Å². The minimum Gasteiger partial charge on any atom is -0.355 e. The summed E-state index contributed by atoms with van der Waals surface area (Å²) in [5, 5.41) is 7.04. The molecule has 170 valence electrons. The minimum absolute atomic E-state index is 0.181. The molecular weight excluding hydrogens is 473 g/mol. The number of rotatable bonds is 4.